The molecule has 2 aromatic carbocycles. The molecule has 4 heteroatoms. The van der Waals surface area contributed by atoms with E-state index in [1.165, 1.54) is 6.07 Å². The number of aryl methyl sites for hydroxylation is 1. The largest absolute Gasteiger partial charge is 0.416 e. The lowest BCUT2D eigenvalue weighted by Crippen LogP contribution is -2.04. The van der Waals surface area contributed by atoms with Gasteiger partial charge in [0.2, 0.25) is 0 Å². The van der Waals surface area contributed by atoms with Crippen LogP contribution in [0.5, 0.6) is 0 Å². The number of nitrogens with zero attached hydrogens (tertiary/aromatic N) is 1. The number of hydrogen-bond donors (Lipinski definition) is 0. The molecule has 0 fully saturated rings. The van der Waals surface area contributed by atoms with Gasteiger partial charge in [0.05, 0.1) is 11.3 Å². The summed E-state index contributed by atoms with van der Waals surface area (Å²) in [5.41, 5.74) is 3.27. The average Bonchev–Trinajstić information content (AvgIpc) is 2.55. The highest BCUT2D eigenvalue weighted by Gasteiger charge is 2.30. The van der Waals surface area contributed by atoms with Gasteiger partial charge < -0.3 is 0 Å². The van der Waals surface area contributed by atoms with Crippen molar-refractivity contribution in [2.75, 3.05) is 0 Å². The molecule has 23 heavy (non-hydrogen) atoms. The molecule has 0 unspecified atom stereocenters. The van der Waals surface area contributed by atoms with E-state index in [2.05, 4.69) is 4.98 Å². The highest BCUT2D eigenvalue weighted by atomic mass is 19.4. The van der Waals surface area contributed by atoms with Crippen LogP contribution in [-0.2, 0) is 6.18 Å². The first-order valence-electron chi connectivity index (χ1n) is 7.15. The van der Waals surface area contributed by atoms with Crippen LogP contribution >= 0.6 is 0 Å². The van der Waals surface area contributed by atoms with Crippen LogP contribution in [0.4, 0.5) is 13.2 Å². The van der Waals surface area contributed by atoms with E-state index in [9.17, 15) is 13.2 Å². The molecule has 0 N–H and O–H groups in total. The summed E-state index contributed by atoms with van der Waals surface area (Å²) in [6.07, 6.45) is -2.67. The topological polar surface area (TPSA) is 12.9 Å². The first-order valence-corrected chi connectivity index (χ1v) is 7.15. The number of halogens is 3. The quantitative estimate of drug-likeness (QED) is 0.587. The van der Waals surface area contributed by atoms with E-state index in [0.717, 1.165) is 28.8 Å². The van der Waals surface area contributed by atoms with Crippen molar-refractivity contribution in [3.63, 3.8) is 0 Å². The summed E-state index contributed by atoms with van der Waals surface area (Å²) in [5.74, 6) is 0. The van der Waals surface area contributed by atoms with Gasteiger partial charge in [-0.2, -0.15) is 13.2 Å². The second-order valence-electron chi connectivity index (χ2n) is 5.33. The zero-order chi connectivity index (χ0) is 16.4. The number of aromatic nitrogens is 1. The Morgan fingerprint density at radius 3 is 2.22 bits per heavy atom. The molecule has 0 spiro atoms. The second-order valence-corrected chi connectivity index (χ2v) is 5.33. The summed E-state index contributed by atoms with van der Waals surface area (Å²) in [6.45, 7) is 1.94. The van der Waals surface area contributed by atoms with Crippen LogP contribution in [0, 0.1) is 6.92 Å². The predicted octanol–water partition coefficient (Wildman–Crippen LogP) is 5.74. The lowest BCUT2D eigenvalue weighted by Gasteiger charge is -2.11. The molecule has 0 bridgehead atoms. The lowest BCUT2D eigenvalue weighted by molar-refractivity contribution is -0.137. The Kier molecular flexibility index (Phi) is 3.90. The van der Waals surface area contributed by atoms with Gasteiger partial charge in [0.1, 0.15) is 0 Å². The number of pyridine rings is 1. The molecule has 0 radical (unpaired) electrons. The monoisotopic (exact) mass is 313 g/mol. The molecule has 3 aromatic rings. The summed E-state index contributed by atoms with van der Waals surface area (Å²) >= 11 is 0. The molecular weight excluding hydrogens is 299 g/mol. The predicted molar refractivity (Wildman–Crippen MR) is 84.8 cm³/mol. The zero-order valence-corrected chi connectivity index (χ0v) is 12.4. The van der Waals surface area contributed by atoms with Crippen molar-refractivity contribution in [2.24, 2.45) is 0 Å². The molecule has 0 saturated heterocycles. The van der Waals surface area contributed by atoms with E-state index in [0.29, 0.717) is 11.3 Å². The molecule has 0 aliphatic heterocycles. The Labute approximate surface area is 132 Å². The summed E-state index contributed by atoms with van der Waals surface area (Å²) in [7, 11) is 0. The van der Waals surface area contributed by atoms with Crippen LogP contribution in [0.25, 0.3) is 22.4 Å². The van der Waals surface area contributed by atoms with Gasteiger partial charge in [-0.3, -0.25) is 4.98 Å². The third kappa shape index (κ3) is 3.26. The number of rotatable bonds is 2. The van der Waals surface area contributed by atoms with Crippen LogP contribution in [-0.4, -0.2) is 4.98 Å². The SMILES string of the molecule is Cc1cnc(-c2cccc(C(F)(F)F)c2)cc1-c1ccccc1. The molecule has 0 atom stereocenters. The van der Waals surface area contributed by atoms with E-state index in [4.69, 9.17) is 0 Å². The molecular formula is C19H14F3N. The zero-order valence-electron chi connectivity index (χ0n) is 12.4. The van der Waals surface area contributed by atoms with Gasteiger partial charge >= 0.3 is 6.18 Å². The van der Waals surface area contributed by atoms with E-state index in [-0.39, 0.29) is 0 Å². The van der Waals surface area contributed by atoms with E-state index < -0.39 is 11.7 Å². The van der Waals surface area contributed by atoms with Gasteiger partial charge in [-0.1, -0.05) is 42.5 Å². The minimum Gasteiger partial charge on any atom is -0.256 e. The summed E-state index contributed by atoms with van der Waals surface area (Å²) in [4.78, 5) is 4.29. The van der Waals surface area contributed by atoms with Crippen molar-refractivity contribution in [1.29, 1.82) is 0 Å². The molecule has 3 rings (SSSR count). The Hall–Kier alpha value is -2.62. The van der Waals surface area contributed by atoms with Crippen LogP contribution in [0.2, 0.25) is 0 Å². The summed E-state index contributed by atoms with van der Waals surface area (Å²) in [5, 5.41) is 0. The van der Waals surface area contributed by atoms with Crippen molar-refractivity contribution in [2.45, 2.75) is 13.1 Å². The summed E-state index contributed by atoms with van der Waals surface area (Å²) in [6, 6.07) is 16.8. The van der Waals surface area contributed by atoms with Crippen LogP contribution in [0.1, 0.15) is 11.1 Å². The number of benzene rings is 2. The minimum absolute atomic E-state index is 0.456. The third-order valence-electron chi connectivity index (χ3n) is 3.67. The molecule has 1 nitrogen and oxygen atoms in total. The number of hydrogen-bond acceptors (Lipinski definition) is 1. The summed E-state index contributed by atoms with van der Waals surface area (Å²) < 4.78 is 38.6. The number of alkyl halides is 3. The van der Waals surface area contributed by atoms with Crippen molar-refractivity contribution in [3.8, 4) is 22.4 Å². The van der Waals surface area contributed by atoms with Crippen LogP contribution in [0.3, 0.4) is 0 Å². The molecule has 0 amide bonds. The fourth-order valence-electron chi connectivity index (χ4n) is 2.47. The maximum atomic E-state index is 12.9. The molecule has 1 heterocycles. The van der Waals surface area contributed by atoms with Gasteiger partial charge in [0.15, 0.2) is 0 Å². The maximum absolute atomic E-state index is 12.9. The average molecular weight is 313 g/mol. The molecule has 116 valence electrons. The molecule has 0 aliphatic carbocycles. The van der Waals surface area contributed by atoms with Crippen LogP contribution in [0.15, 0.2) is 66.9 Å². The maximum Gasteiger partial charge on any atom is 0.416 e. The van der Waals surface area contributed by atoms with Crippen molar-refractivity contribution < 1.29 is 13.2 Å². The van der Waals surface area contributed by atoms with Crippen molar-refractivity contribution in [1.82, 2.24) is 4.98 Å². The Morgan fingerprint density at radius 2 is 1.52 bits per heavy atom. The second kappa shape index (κ2) is 5.88. The highest BCUT2D eigenvalue weighted by Crippen LogP contribution is 2.33. The highest BCUT2D eigenvalue weighted by molar-refractivity contribution is 5.73. The standard InChI is InChI=1S/C19H14F3N/c1-13-12-23-18(11-17(13)14-6-3-2-4-7-14)15-8-5-9-16(10-15)19(20,21)22/h2-12H,1H3. The van der Waals surface area contributed by atoms with Gasteiger partial charge in [-0.05, 0) is 41.8 Å². The van der Waals surface area contributed by atoms with Gasteiger partial charge in [-0.25, -0.2) is 0 Å². The van der Waals surface area contributed by atoms with E-state index in [1.807, 2.05) is 43.3 Å². The smallest absolute Gasteiger partial charge is 0.256 e. The van der Waals surface area contributed by atoms with Crippen molar-refractivity contribution >= 4 is 0 Å². The van der Waals surface area contributed by atoms with E-state index in [1.54, 1.807) is 12.3 Å². The van der Waals surface area contributed by atoms with Gasteiger partial charge in [-0.15, -0.1) is 0 Å². The first kappa shape index (κ1) is 15.3. The van der Waals surface area contributed by atoms with Gasteiger partial charge in [0, 0.05) is 11.8 Å². The first-order chi connectivity index (χ1) is 10.9. The fourth-order valence-corrected chi connectivity index (χ4v) is 2.47. The Bertz CT molecular complexity index is 824. The molecule has 1 aromatic heterocycles. The Balaban J connectivity index is 2.09. The van der Waals surface area contributed by atoms with Gasteiger partial charge in [0.25, 0.3) is 0 Å². The molecule has 0 aliphatic rings. The third-order valence-corrected chi connectivity index (χ3v) is 3.67. The normalized spacial score (nSPS) is 11.5. The van der Waals surface area contributed by atoms with E-state index >= 15 is 0 Å². The Morgan fingerprint density at radius 1 is 0.826 bits per heavy atom. The molecule has 0 saturated carbocycles. The van der Waals surface area contributed by atoms with Crippen molar-refractivity contribution in [3.05, 3.63) is 78.0 Å². The van der Waals surface area contributed by atoms with Crippen LogP contribution < -0.4 is 0 Å². The fraction of sp³-hybridized carbons (Fsp3) is 0.105. The minimum atomic E-state index is -4.36. The lowest BCUT2D eigenvalue weighted by atomic mass is 9.99.